The zero-order valence-corrected chi connectivity index (χ0v) is 16.4. The van der Waals surface area contributed by atoms with E-state index in [2.05, 4.69) is 16.2 Å². The molecule has 1 saturated heterocycles. The lowest BCUT2D eigenvalue weighted by molar-refractivity contribution is 0.0675. The highest BCUT2D eigenvalue weighted by atomic mass is 19.1. The molecule has 148 valence electrons. The Balaban J connectivity index is 1.45. The van der Waals surface area contributed by atoms with E-state index in [9.17, 15) is 8.78 Å². The van der Waals surface area contributed by atoms with Gasteiger partial charge in [-0.05, 0) is 41.8 Å². The molecular weight excluding hydrogens is 372 g/mol. The SMILES string of the molecule is CN1C2=CCCN=C2CN1Cc1c(F)cc(-c2ccc3nn(C)cc3c2)cc1F. The number of halogens is 2. The highest BCUT2D eigenvalue weighted by Gasteiger charge is 2.30. The topological polar surface area (TPSA) is 36.7 Å². The third-order valence-corrected chi connectivity index (χ3v) is 5.60. The molecule has 2 aliphatic rings. The number of aliphatic imine (C=N–C) groups is 1. The molecule has 0 N–H and O–H groups in total. The first-order valence-corrected chi connectivity index (χ1v) is 9.64. The van der Waals surface area contributed by atoms with E-state index in [-0.39, 0.29) is 12.1 Å². The lowest BCUT2D eigenvalue weighted by Gasteiger charge is -2.26. The van der Waals surface area contributed by atoms with Gasteiger partial charge in [0.05, 0.1) is 23.5 Å². The maximum atomic E-state index is 14.9. The predicted octanol–water partition coefficient (Wildman–Crippen LogP) is 3.91. The minimum atomic E-state index is -0.537. The van der Waals surface area contributed by atoms with Crippen molar-refractivity contribution in [1.82, 2.24) is 19.8 Å². The summed E-state index contributed by atoms with van der Waals surface area (Å²) in [4.78, 5) is 4.53. The Hall–Kier alpha value is -3.06. The molecule has 3 heterocycles. The average molecular weight is 393 g/mol. The Labute approximate surface area is 167 Å². The first-order valence-electron chi connectivity index (χ1n) is 9.64. The van der Waals surface area contributed by atoms with E-state index in [1.165, 1.54) is 12.1 Å². The van der Waals surface area contributed by atoms with Gasteiger partial charge in [-0.1, -0.05) is 12.1 Å². The summed E-state index contributed by atoms with van der Waals surface area (Å²) in [5, 5.41) is 9.13. The van der Waals surface area contributed by atoms with Gasteiger partial charge in [0.25, 0.3) is 0 Å². The molecule has 7 heteroatoms. The zero-order valence-electron chi connectivity index (χ0n) is 16.4. The van der Waals surface area contributed by atoms with Crippen molar-refractivity contribution < 1.29 is 8.78 Å². The molecule has 0 atom stereocenters. The molecule has 5 nitrogen and oxygen atoms in total. The molecule has 0 bridgehead atoms. The summed E-state index contributed by atoms with van der Waals surface area (Å²) in [6.07, 6.45) is 4.92. The Kier molecular flexibility index (Phi) is 4.20. The molecule has 29 heavy (non-hydrogen) atoms. The van der Waals surface area contributed by atoms with E-state index in [4.69, 9.17) is 0 Å². The number of aryl methyl sites for hydroxylation is 1. The number of fused-ring (bicyclic) bond motifs is 2. The van der Waals surface area contributed by atoms with Gasteiger partial charge in [-0.3, -0.25) is 9.67 Å². The van der Waals surface area contributed by atoms with Crippen LogP contribution in [-0.2, 0) is 13.6 Å². The normalized spacial score (nSPS) is 16.9. The monoisotopic (exact) mass is 393 g/mol. The van der Waals surface area contributed by atoms with Gasteiger partial charge in [0.1, 0.15) is 11.6 Å². The van der Waals surface area contributed by atoms with Gasteiger partial charge in [-0.2, -0.15) is 5.10 Å². The van der Waals surface area contributed by atoms with Gasteiger partial charge in [-0.25, -0.2) is 13.8 Å². The van der Waals surface area contributed by atoms with Crippen molar-refractivity contribution in [1.29, 1.82) is 0 Å². The number of hydrogen-bond donors (Lipinski definition) is 0. The van der Waals surface area contributed by atoms with Crippen molar-refractivity contribution in [2.24, 2.45) is 12.0 Å². The van der Waals surface area contributed by atoms with Crippen LogP contribution >= 0.6 is 0 Å². The summed E-state index contributed by atoms with van der Waals surface area (Å²) in [5.74, 6) is -1.07. The summed E-state index contributed by atoms with van der Waals surface area (Å²) >= 11 is 0. The molecule has 2 aromatic carbocycles. The van der Waals surface area contributed by atoms with Gasteiger partial charge in [0.15, 0.2) is 0 Å². The molecular formula is C22H21F2N5. The van der Waals surface area contributed by atoms with Crippen molar-refractivity contribution in [3.63, 3.8) is 0 Å². The van der Waals surface area contributed by atoms with Gasteiger partial charge in [-0.15, -0.1) is 0 Å². The molecule has 0 amide bonds. The summed E-state index contributed by atoms with van der Waals surface area (Å²) in [7, 11) is 3.76. The van der Waals surface area contributed by atoms with Crippen LogP contribution < -0.4 is 0 Å². The average Bonchev–Trinajstić information content (AvgIpc) is 3.23. The molecule has 0 spiro atoms. The van der Waals surface area contributed by atoms with E-state index >= 15 is 0 Å². The number of rotatable bonds is 3. The Morgan fingerprint density at radius 1 is 1.03 bits per heavy atom. The molecule has 5 rings (SSSR count). The van der Waals surface area contributed by atoms with Crippen LogP contribution in [0.5, 0.6) is 0 Å². The zero-order chi connectivity index (χ0) is 20.1. The lowest BCUT2D eigenvalue weighted by Crippen LogP contribution is -2.32. The Bertz CT molecular complexity index is 1150. The van der Waals surface area contributed by atoms with Crippen LogP contribution in [0.15, 0.2) is 53.3 Å². The van der Waals surface area contributed by atoms with Crippen LogP contribution in [0.1, 0.15) is 12.0 Å². The second kappa shape index (κ2) is 6.77. The maximum Gasteiger partial charge on any atom is 0.131 e. The summed E-state index contributed by atoms with van der Waals surface area (Å²) < 4.78 is 31.6. The number of hydrazine groups is 1. The van der Waals surface area contributed by atoms with Crippen LogP contribution in [0.4, 0.5) is 8.78 Å². The van der Waals surface area contributed by atoms with E-state index < -0.39 is 11.6 Å². The molecule has 1 fully saturated rings. The summed E-state index contributed by atoms with van der Waals surface area (Å²) in [5.41, 5.74) is 4.23. The van der Waals surface area contributed by atoms with Crippen molar-refractivity contribution in [3.05, 3.63) is 65.5 Å². The molecule has 0 radical (unpaired) electrons. The maximum absolute atomic E-state index is 14.9. The minimum Gasteiger partial charge on any atom is -0.307 e. The summed E-state index contributed by atoms with van der Waals surface area (Å²) in [6.45, 7) is 1.51. The molecule has 0 unspecified atom stereocenters. The second-order valence-electron chi connectivity index (χ2n) is 7.55. The number of aromatic nitrogens is 2. The standard InChI is InChI=1S/C22H21F2N5/c1-27-11-16-8-14(5-6-20(16)26-27)15-9-18(23)17(19(24)10-15)12-29-13-21-22(28(29)2)4-3-7-25-21/h4-6,8-11H,3,7,12-13H2,1-2H3. The highest BCUT2D eigenvalue weighted by Crippen LogP contribution is 2.29. The van der Waals surface area contributed by atoms with Crippen molar-refractivity contribution in [3.8, 4) is 11.1 Å². The first-order chi connectivity index (χ1) is 14.0. The van der Waals surface area contributed by atoms with E-state index in [1.54, 1.807) is 4.68 Å². The molecule has 0 saturated carbocycles. The highest BCUT2D eigenvalue weighted by molar-refractivity contribution is 6.03. The molecule has 2 aliphatic heterocycles. The third kappa shape index (κ3) is 3.11. The van der Waals surface area contributed by atoms with Crippen LogP contribution in [0.2, 0.25) is 0 Å². The van der Waals surface area contributed by atoms with Crippen LogP contribution in [0.3, 0.4) is 0 Å². The molecule has 1 aromatic heterocycles. The van der Waals surface area contributed by atoms with Crippen LogP contribution in [0.25, 0.3) is 22.0 Å². The van der Waals surface area contributed by atoms with Crippen molar-refractivity contribution >= 4 is 16.6 Å². The van der Waals surface area contributed by atoms with Gasteiger partial charge < -0.3 is 5.01 Å². The van der Waals surface area contributed by atoms with Gasteiger partial charge >= 0.3 is 0 Å². The quantitative estimate of drug-likeness (QED) is 0.677. The fourth-order valence-electron chi connectivity index (χ4n) is 4.07. The minimum absolute atomic E-state index is 0.0721. The van der Waals surface area contributed by atoms with E-state index in [0.29, 0.717) is 12.1 Å². The molecule has 0 aliphatic carbocycles. The van der Waals surface area contributed by atoms with Crippen molar-refractivity contribution in [2.45, 2.75) is 13.0 Å². The number of nitrogens with zero attached hydrogens (tertiary/aromatic N) is 5. The van der Waals surface area contributed by atoms with Crippen LogP contribution in [0, 0.1) is 11.6 Å². The summed E-state index contributed by atoms with van der Waals surface area (Å²) in [6, 6.07) is 8.43. The fraction of sp³-hybridized carbons (Fsp3) is 0.273. The third-order valence-electron chi connectivity index (χ3n) is 5.60. The Morgan fingerprint density at radius 3 is 2.59 bits per heavy atom. The molecule has 3 aromatic rings. The van der Waals surface area contributed by atoms with Gasteiger partial charge in [0.2, 0.25) is 0 Å². The van der Waals surface area contributed by atoms with Gasteiger partial charge in [0, 0.05) is 44.3 Å². The number of hydrogen-bond acceptors (Lipinski definition) is 4. The predicted molar refractivity (Wildman–Crippen MR) is 109 cm³/mol. The first kappa shape index (κ1) is 18.0. The number of dihydropyridines is 1. The number of benzene rings is 2. The van der Waals surface area contributed by atoms with Crippen molar-refractivity contribution in [2.75, 3.05) is 20.1 Å². The van der Waals surface area contributed by atoms with E-state index in [0.717, 1.165) is 40.8 Å². The smallest absolute Gasteiger partial charge is 0.131 e. The fourth-order valence-corrected chi connectivity index (χ4v) is 4.07. The van der Waals surface area contributed by atoms with Crippen LogP contribution in [-0.4, -0.2) is 45.6 Å². The second-order valence-corrected chi connectivity index (χ2v) is 7.55. The van der Waals surface area contributed by atoms with E-state index in [1.807, 2.05) is 48.5 Å². The lowest BCUT2D eigenvalue weighted by atomic mass is 10.0. The Morgan fingerprint density at radius 2 is 1.83 bits per heavy atom. The largest absolute Gasteiger partial charge is 0.307 e.